The molecule has 4 heteroatoms. The molecule has 2 aromatic rings. The van der Waals surface area contributed by atoms with Crippen molar-refractivity contribution in [1.82, 2.24) is 15.1 Å². The monoisotopic (exact) mass is 349 g/mol. The lowest BCUT2D eigenvalue weighted by Gasteiger charge is -2.17. The molecule has 0 spiro atoms. The first-order chi connectivity index (χ1) is 10.2. The summed E-state index contributed by atoms with van der Waals surface area (Å²) in [6.45, 7) is 6.12. The van der Waals surface area contributed by atoms with E-state index in [4.69, 9.17) is 0 Å². The average Bonchev–Trinajstić information content (AvgIpc) is 2.79. The fourth-order valence-electron chi connectivity index (χ4n) is 2.78. The van der Waals surface area contributed by atoms with Crippen molar-refractivity contribution in [3.8, 4) is 0 Å². The van der Waals surface area contributed by atoms with E-state index < -0.39 is 0 Å². The van der Waals surface area contributed by atoms with Crippen LogP contribution in [0.15, 0.2) is 34.8 Å². The molecule has 2 rings (SSSR count). The molecule has 0 saturated heterocycles. The quantitative estimate of drug-likeness (QED) is 0.821. The van der Waals surface area contributed by atoms with E-state index in [0.29, 0.717) is 5.92 Å². The summed E-state index contributed by atoms with van der Waals surface area (Å²) in [6.07, 6.45) is 2.16. The number of benzene rings is 1. The maximum absolute atomic E-state index is 4.58. The lowest BCUT2D eigenvalue weighted by molar-refractivity contribution is 0.551. The molecule has 0 aliphatic carbocycles. The van der Waals surface area contributed by atoms with Crippen molar-refractivity contribution in [2.45, 2.75) is 39.2 Å². The maximum atomic E-state index is 4.58. The van der Waals surface area contributed by atoms with Crippen molar-refractivity contribution in [2.75, 3.05) is 13.6 Å². The Morgan fingerprint density at radius 2 is 2.00 bits per heavy atom. The SMILES string of the molecule is CCn1nc(C)c(Br)c1CCC(CNC)c1ccccc1. The second-order valence-electron chi connectivity index (χ2n) is 5.37. The van der Waals surface area contributed by atoms with E-state index in [2.05, 4.69) is 75.2 Å². The number of likely N-dealkylation sites (N-methyl/N-ethyl adjacent to an activating group) is 1. The largest absolute Gasteiger partial charge is 0.319 e. The summed E-state index contributed by atoms with van der Waals surface area (Å²) in [5.74, 6) is 0.531. The Morgan fingerprint density at radius 3 is 2.62 bits per heavy atom. The summed E-state index contributed by atoms with van der Waals surface area (Å²) < 4.78 is 3.28. The Kier molecular flexibility index (Phi) is 6.00. The van der Waals surface area contributed by atoms with Gasteiger partial charge in [-0.25, -0.2) is 0 Å². The fourth-order valence-corrected chi connectivity index (χ4v) is 3.26. The molecule has 1 aromatic heterocycles. The second-order valence-corrected chi connectivity index (χ2v) is 6.16. The Morgan fingerprint density at radius 1 is 1.29 bits per heavy atom. The third-order valence-corrected chi connectivity index (χ3v) is 4.94. The Labute approximate surface area is 135 Å². The van der Waals surface area contributed by atoms with Crippen molar-refractivity contribution in [3.63, 3.8) is 0 Å². The Balaban J connectivity index is 2.12. The topological polar surface area (TPSA) is 29.9 Å². The van der Waals surface area contributed by atoms with Gasteiger partial charge in [0.1, 0.15) is 0 Å². The van der Waals surface area contributed by atoms with Crippen LogP contribution in [-0.2, 0) is 13.0 Å². The first-order valence-corrected chi connectivity index (χ1v) is 8.38. The minimum atomic E-state index is 0.531. The number of aromatic nitrogens is 2. The van der Waals surface area contributed by atoms with Crippen LogP contribution in [0.3, 0.4) is 0 Å². The van der Waals surface area contributed by atoms with Crippen molar-refractivity contribution >= 4 is 15.9 Å². The summed E-state index contributed by atoms with van der Waals surface area (Å²) in [5, 5.41) is 7.90. The molecule has 21 heavy (non-hydrogen) atoms. The van der Waals surface area contributed by atoms with E-state index in [-0.39, 0.29) is 0 Å². The molecule has 1 N–H and O–H groups in total. The van der Waals surface area contributed by atoms with Crippen molar-refractivity contribution in [2.24, 2.45) is 0 Å². The number of hydrogen-bond donors (Lipinski definition) is 1. The molecule has 114 valence electrons. The number of aryl methyl sites for hydroxylation is 2. The maximum Gasteiger partial charge on any atom is 0.0738 e. The predicted octanol–water partition coefficient (Wildman–Crippen LogP) is 3.91. The normalized spacial score (nSPS) is 12.6. The predicted molar refractivity (Wildman–Crippen MR) is 91.8 cm³/mol. The van der Waals surface area contributed by atoms with Gasteiger partial charge in [-0.2, -0.15) is 5.10 Å². The number of hydrogen-bond acceptors (Lipinski definition) is 2. The third-order valence-electron chi connectivity index (χ3n) is 3.90. The van der Waals surface area contributed by atoms with Crippen LogP contribution in [0.1, 0.15) is 36.2 Å². The summed E-state index contributed by atoms with van der Waals surface area (Å²) in [7, 11) is 2.02. The van der Waals surface area contributed by atoms with Crippen LogP contribution in [0.2, 0.25) is 0 Å². The number of nitrogens with one attached hydrogen (secondary N) is 1. The van der Waals surface area contributed by atoms with E-state index in [9.17, 15) is 0 Å². The van der Waals surface area contributed by atoms with Crippen LogP contribution in [0.5, 0.6) is 0 Å². The van der Waals surface area contributed by atoms with Crippen LogP contribution < -0.4 is 5.32 Å². The van der Waals surface area contributed by atoms with Gasteiger partial charge in [0.15, 0.2) is 0 Å². The molecular weight excluding hydrogens is 326 g/mol. The van der Waals surface area contributed by atoms with E-state index in [1.807, 2.05) is 7.05 Å². The van der Waals surface area contributed by atoms with Gasteiger partial charge < -0.3 is 5.32 Å². The number of nitrogens with zero attached hydrogens (tertiary/aromatic N) is 2. The first kappa shape index (κ1) is 16.2. The number of halogens is 1. The molecule has 1 heterocycles. The molecule has 0 amide bonds. The van der Waals surface area contributed by atoms with Gasteiger partial charge in [-0.1, -0.05) is 30.3 Å². The Hall–Kier alpha value is -1.13. The molecule has 0 aliphatic rings. The summed E-state index contributed by atoms with van der Waals surface area (Å²) in [5.41, 5.74) is 3.80. The zero-order chi connectivity index (χ0) is 15.2. The highest BCUT2D eigenvalue weighted by Crippen LogP contribution is 2.26. The van der Waals surface area contributed by atoms with Gasteiger partial charge in [0.25, 0.3) is 0 Å². The standard InChI is InChI=1S/C17H24BrN3/c1-4-21-16(17(18)13(2)20-21)11-10-15(12-19-3)14-8-6-5-7-9-14/h5-9,15,19H,4,10-12H2,1-3H3. The highest BCUT2D eigenvalue weighted by Gasteiger charge is 2.16. The molecule has 1 unspecified atom stereocenters. The smallest absolute Gasteiger partial charge is 0.0738 e. The van der Waals surface area contributed by atoms with Gasteiger partial charge in [-0.05, 0) is 61.1 Å². The molecule has 0 radical (unpaired) electrons. The minimum Gasteiger partial charge on any atom is -0.319 e. The summed E-state index contributed by atoms with van der Waals surface area (Å²) >= 11 is 3.69. The zero-order valence-corrected chi connectivity index (χ0v) is 14.7. The van der Waals surface area contributed by atoms with Crippen LogP contribution in [0.4, 0.5) is 0 Å². The molecule has 1 atom stereocenters. The first-order valence-electron chi connectivity index (χ1n) is 7.58. The van der Waals surface area contributed by atoms with E-state index in [1.165, 1.54) is 15.7 Å². The third kappa shape index (κ3) is 3.95. The molecule has 0 aliphatic heterocycles. The van der Waals surface area contributed by atoms with Gasteiger partial charge in [0.2, 0.25) is 0 Å². The van der Waals surface area contributed by atoms with Gasteiger partial charge in [0.05, 0.1) is 15.9 Å². The van der Waals surface area contributed by atoms with E-state index in [1.54, 1.807) is 0 Å². The van der Waals surface area contributed by atoms with Crippen LogP contribution >= 0.6 is 15.9 Å². The molecule has 0 fully saturated rings. The van der Waals surface area contributed by atoms with E-state index in [0.717, 1.165) is 31.6 Å². The van der Waals surface area contributed by atoms with Gasteiger partial charge in [-0.3, -0.25) is 4.68 Å². The van der Waals surface area contributed by atoms with Gasteiger partial charge in [0, 0.05) is 13.1 Å². The Bertz CT molecular complexity index is 563. The lowest BCUT2D eigenvalue weighted by atomic mass is 9.93. The van der Waals surface area contributed by atoms with Crippen molar-refractivity contribution in [3.05, 3.63) is 51.8 Å². The molecule has 3 nitrogen and oxygen atoms in total. The summed E-state index contributed by atoms with van der Waals surface area (Å²) in [6, 6.07) is 10.8. The average molecular weight is 350 g/mol. The highest BCUT2D eigenvalue weighted by molar-refractivity contribution is 9.10. The van der Waals surface area contributed by atoms with Crippen LogP contribution in [0, 0.1) is 6.92 Å². The van der Waals surface area contributed by atoms with Crippen molar-refractivity contribution < 1.29 is 0 Å². The van der Waals surface area contributed by atoms with Gasteiger partial charge in [-0.15, -0.1) is 0 Å². The van der Waals surface area contributed by atoms with Gasteiger partial charge >= 0.3 is 0 Å². The van der Waals surface area contributed by atoms with Crippen LogP contribution in [-0.4, -0.2) is 23.4 Å². The van der Waals surface area contributed by atoms with E-state index >= 15 is 0 Å². The fraction of sp³-hybridized carbons (Fsp3) is 0.471. The zero-order valence-electron chi connectivity index (χ0n) is 13.1. The highest BCUT2D eigenvalue weighted by atomic mass is 79.9. The molecule has 0 saturated carbocycles. The molecule has 1 aromatic carbocycles. The lowest BCUT2D eigenvalue weighted by Crippen LogP contribution is -2.18. The summed E-state index contributed by atoms with van der Waals surface area (Å²) in [4.78, 5) is 0. The molecular formula is C17H24BrN3. The second kappa shape index (κ2) is 7.76. The van der Waals surface area contributed by atoms with Crippen LogP contribution in [0.25, 0.3) is 0 Å². The minimum absolute atomic E-state index is 0.531. The number of rotatable bonds is 7. The molecule has 0 bridgehead atoms. The van der Waals surface area contributed by atoms with Crippen molar-refractivity contribution in [1.29, 1.82) is 0 Å².